The van der Waals surface area contributed by atoms with E-state index in [9.17, 15) is 9.59 Å². The SMILES string of the molecule is CC(Sc1nc2sc3c(c2c(=O)n1-c1ccccc1)CCC3)C(=O)N1CCCC1. The average Bonchev–Trinajstić information content (AvgIpc) is 3.45. The van der Waals surface area contributed by atoms with Crippen molar-refractivity contribution in [3.05, 3.63) is 51.1 Å². The Morgan fingerprint density at radius 1 is 1.14 bits per heavy atom. The minimum atomic E-state index is -0.278. The number of aryl methyl sites for hydroxylation is 2. The summed E-state index contributed by atoms with van der Waals surface area (Å²) in [7, 11) is 0. The van der Waals surface area contributed by atoms with Gasteiger partial charge in [-0.15, -0.1) is 11.3 Å². The maximum atomic E-state index is 13.6. The number of rotatable bonds is 4. The third-order valence-electron chi connectivity index (χ3n) is 5.77. The molecule has 1 fully saturated rings. The maximum Gasteiger partial charge on any atom is 0.267 e. The lowest BCUT2D eigenvalue weighted by molar-refractivity contribution is -0.129. The molecule has 1 amide bonds. The number of para-hydroxylation sites is 1. The van der Waals surface area contributed by atoms with Crippen LogP contribution >= 0.6 is 23.1 Å². The summed E-state index contributed by atoms with van der Waals surface area (Å²) in [6, 6.07) is 9.65. The summed E-state index contributed by atoms with van der Waals surface area (Å²) in [4.78, 5) is 35.4. The van der Waals surface area contributed by atoms with Crippen molar-refractivity contribution in [3.8, 4) is 5.69 Å². The smallest absolute Gasteiger partial charge is 0.267 e. The summed E-state index contributed by atoms with van der Waals surface area (Å²) >= 11 is 3.04. The minimum absolute atomic E-state index is 0.0103. The molecule has 0 N–H and O–H groups in total. The molecule has 0 spiro atoms. The van der Waals surface area contributed by atoms with Crippen LogP contribution in [0.25, 0.3) is 15.9 Å². The molecule has 3 heterocycles. The highest BCUT2D eigenvalue weighted by Crippen LogP contribution is 2.36. The molecule has 1 aromatic carbocycles. The van der Waals surface area contributed by atoms with E-state index >= 15 is 0 Å². The number of hydrogen-bond acceptors (Lipinski definition) is 5. The molecule has 1 unspecified atom stereocenters. The van der Waals surface area contributed by atoms with Crippen molar-refractivity contribution < 1.29 is 4.79 Å². The molecule has 2 aliphatic rings. The van der Waals surface area contributed by atoms with Gasteiger partial charge in [-0.25, -0.2) is 4.98 Å². The molecule has 2 aromatic heterocycles. The van der Waals surface area contributed by atoms with Crippen LogP contribution in [-0.2, 0) is 17.6 Å². The Bertz CT molecular complexity index is 1130. The molecule has 1 saturated heterocycles. The maximum absolute atomic E-state index is 13.6. The highest BCUT2D eigenvalue weighted by atomic mass is 32.2. The van der Waals surface area contributed by atoms with Gasteiger partial charge in [0.15, 0.2) is 5.16 Å². The lowest BCUT2D eigenvalue weighted by Gasteiger charge is -2.21. The van der Waals surface area contributed by atoms with Crippen molar-refractivity contribution in [2.75, 3.05) is 13.1 Å². The molecule has 3 aromatic rings. The number of thioether (sulfide) groups is 1. The van der Waals surface area contributed by atoms with Crippen LogP contribution in [0.5, 0.6) is 0 Å². The fourth-order valence-corrected chi connectivity index (χ4v) is 6.63. The first kappa shape index (κ1) is 18.9. The number of hydrogen-bond donors (Lipinski definition) is 0. The van der Waals surface area contributed by atoms with Crippen LogP contribution in [0.15, 0.2) is 40.3 Å². The van der Waals surface area contributed by atoms with Gasteiger partial charge in [-0.05, 0) is 56.7 Å². The van der Waals surface area contributed by atoms with Gasteiger partial charge in [0.2, 0.25) is 5.91 Å². The van der Waals surface area contributed by atoms with E-state index in [-0.39, 0.29) is 16.7 Å². The molecular formula is C22H23N3O2S2. The number of thiophene rings is 1. The topological polar surface area (TPSA) is 55.2 Å². The molecular weight excluding hydrogens is 402 g/mol. The highest BCUT2D eigenvalue weighted by molar-refractivity contribution is 8.00. The number of aromatic nitrogens is 2. The summed E-state index contributed by atoms with van der Waals surface area (Å²) in [6.45, 7) is 3.59. The Kier molecular flexibility index (Phi) is 4.95. The van der Waals surface area contributed by atoms with Crippen molar-refractivity contribution in [2.45, 2.75) is 49.4 Å². The van der Waals surface area contributed by atoms with E-state index < -0.39 is 0 Å². The number of fused-ring (bicyclic) bond motifs is 3. The van der Waals surface area contributed by atoms with Gasteiger partial charge >= 0.3 is 0 Å². The van der Waals surface area contributed by atoms with Crippen molar-refractivity contribution in [2.24, 2.45) is 0 Å². The molecule has 0 saturated carbocycles. The summed E-state index contributed by atoms with van der Waals surface area (Å²) in [5.41, 5.74) is 1.97. The van der Waals surface area contributed by atoms with E-state index in [1.165, 1.54) is 22.2 Å². The first-order valence-electron chi connectivity index (χ1n) is 10.2. The summed E-state index contributed by atoms with van der Waals surface area (Å²) in [5, 5.41) is 1.10. The van der Waals surface area contributed by atoms with Gasteiger partial charge in [0.05, 0.1) is 16.3 Å². The van der Waals surface area contributed by atoms with Crippen LogP contribution < -0.4 is 5.56 Å². The second-order valence-electron chi connectivity index (χ2n) is 7.70. The van der Waals surface area contributed by atoms with E-state index in [0.29, 0.717) is 5.16 Å². The number of nitrogens with zero attached hydrogens (tertiary/aromatic N) is 3. The van der Waals surface area contributed by atoms with Crippen molar-refractivity contribution in [3.63, 3.8) is 0 Å². The second kappa shape index (κ2) is 7.61. The third-order valence-corrected chi connectivity index (χ3v) is 8.00. The Morgan fingerprint density at radius 3 is 2.66 bits per heavy atom. The number of benzene rings is 1. The molecule has 0 radical (unpaired) electrons. The third kappa shape index (κ3) is 3.30. The molecule has 29 heavy (non-hydrogen) atoms. The van der Waals surface area contributed by atoms with Gasteiger partial charge in [0.25, 0.3) is 5.56 Å². The quantitative estimate of drug-likeness (QED) is 0.468. The van der Waals surface area contributed by atoms with Crippen LogP contribution in [0, 0.1) is 0 Å². The Labute approximate surface area is 177 Å². The fourth-order valence-electron chi connectivity index (χ4n) is 4.31. The zero-order chi connectivity index (χ0) is 20.0. The van der Waals surface area contributed by atoms with E-state index in [0.717, 1.165) is 61.1 Å². The summed E-state index contributed by atoms with van der Waals surface area (Å²) in [6.07, 6.45) is 5.25. The number of likely N-dealkylation sites (tertiary alicyclic amines) is 1. The van der Waals surface area contributed by atoms with Gasteiger partial charge in [-0.1, -0.05) is 30.0 Å². The predicted molar refractivity (Wildman–Crippen MR) is 118 cm³/mol. The Hall–Kier alpha value is -2.12. The van der Waals surface area contributed by atoms with Crippen LogP contribution in [0.2, 0.25) is 0 Å². The van der Waals surface area contributed by atoms with Gasteiger partial charge < -0.3 is 4.90 Å². The molecule has 0 bridgehead atoms. The highest BCUT2D eigenvalue weighted by Gasteiger charge is 2.28. The van der Waals surface area contributed by atoms with Gasteiger partial charge in [0, 0.05) is 18.0 Å². The van der Waals surface area contributed by atoms with Crippen molar-refractivity contribution in [1.29, 1.82) is 0 Å². The van der Waals surface area contributed by atoms with E-state index in [1.807, 2.05) is 42.2 Å². The predicted octanol–water partition coefficient (Wildman–Crippen LogP) is 4.04. The second-order valence-corrected chi connectivity index (χ2v) is 10.1. The first-order chi connectivity index (χ1) is 14.1. The average molecular weight is 426 g/mol. The number of amides is 1. The van der Waals surface area contributed by atoms with Crippen LogP contribution in [0.1, 0.15) is 36.6 Å². The summed E-state index contributed by atoms with van der Waals surface area (Å²) in [5.74, 6) is 0.134. The molecule has 5 nitrogen and oxygen atoms in total. The number of carbonyl (C=O) groups excluding carboxylic acids is 1. The van der Waals surface area contributed by atoms with Gasteiger partial charge in [-0.2, -0.15) is 0 Å². The number of carbonyl (C=O) groups is 1. The minimum Gasteiger partial charge on any atom is -0.342 e. The van der Waals surface area contributed by atoms with Crippen LogP contribution in [0.3, 0.4) is 0 Å². The molecule has 1 aliphatic heterocycles. The molecule has 7 heteroatoms. The van der Waals surface area contributed by atoms with E-state index in [2.05, 4.69) is 0 Å². The molecule has 150 valence electrons. The van der Waals surface area contributed by atoms with Crippen LogP contribution in [-0.4, -0.2) is 38.7 Å². The molecule has 1 atom stereocenters. The van der Waals surface area contributed by atoms with Crippen LogP contribution in [0.4, 0.5) is 0 Å². The Morgan fingerprint density at radius 2 is 1.90 bits per heavy atom. The summed E-state index contributed by atoms with van der Waals surface area (Å²) < 4.78 is 1.70. The largest absolute Gasteiger partial charge is 0.342 e. The molecule has 5 rings (SSSR count). The lowest BCUT2D eigenvalue weighted by atomic mass is 10.2. The monoisotopic (exact) mass is 425 g/mol. The van der Waals surface area contributed by atoms with Crippen molar-refractivity contribution >= 4 is 39.2 Å². The lowest BCUT2D eigenvalue weighted by Crippen LogP contribution is -2.34. The van der Waals surface area contributed by atoms with E-state index in [1.54, 1.807) is 15.9 Å². The normalized spacial score (nSPS) is 17.1. The van der Waals surface area contributed by atoms with E-state index in [4.69, 9.17) is 4.98 Å². The van der Waals surface area contributed by atoms with Crippen molar-refractivity contribution in [1.82, 2.24) is 14.5 Å². The van der Waals surface area contributed by atoms with Gasteiger partial charge in [-0.3, -0.25) is 14.2 Å². The zero-order valence-corrected chi connectivity index (χ0v) is 18.0. The standard InChI is InChI=1S/C22H23N3O2S2/c1-14(20(26)24-12-5-6-13-24)28-22-23-19-18(16-10-7-11-17(16)29-19)21(27)25(22)15-8-3-2-4-9-15/h2-4,8-9,14H,5-7,10-13H2,1H3. The molecule has 1 aliphatic carbocycles. The van der Waals surface area contributed by atoms with Gasteiger partial charge in [0.1, 0.15) is 4.83 Å². The first-order valence-corrected chi connectivity index (χ1v) is 11.9. The fraction of sp³-hybridized carbons (Fsp3) is 0.409. The zero-order valence-electron chi connectivity index (χ0n) is 16.4. The Balaban J connectivity index is 1.62.